The Labute approximate surface area is 108 Å². The highest BCUT2D eigenvalue weighted by atomic mass is 19.1. The Hall–Kier alpha value is -1.13. The molecule has 18 heavy (non-hydrogen) atoms. The molecule has 1 fully saturated rings. The molecule has 1 aliphatic rings. The number of halogens is 1. The number of piperidine rings is 1. The van der Waals surface area contributed by atoms with Gasteiger partial charge in [-0.25, -0.2) is 4.39 Å². The summed E-state index contributed by atoms with van der Waals surface area (Å²) in [5.41, 5.74) is 7.66. The number of nitrogens with two attached hydrogens (primary N) is 1. The molecule has 100 valence electrons. The van der Waals surface area contributed by atoms with E-state index >= 15 is 0 Å². The largest absolute Gasteiger partial charge is 0.384 e. The van der Waals surface area contributed by atoms with Crippen LogP contribution in [0.15, 0.2) is 18.2 Å². The van der Waals surface area contributed by atoms with Crippen LogP contribution < -0.4 is 10.6 Å². The van der Waals surface area contributed by atoms with Crippen molar-refractivity contribution in [3.8, 4) is 0 Å². The van der Waals surface area contributed by atoms with Crippen LogP contribution in [0.2, 0.25) is 0 Å². The Kier molecular flexibility index (Phi) is 4.55. The first-order chi connectivity index (χ1) is 8.74. The maximum atomic E-state index is 13.2. The summed E-state index contributed by atoms with van der Waals surface area (Å²) in [5.74, 6) is 0.432. The smallest absolute Gasteiger partial charge is 0.123 e. The molecule has 0 unspecified atom stereocenters. The van der Waals surface area contributed by atoms with E-state index in [4.69, 9.17) is 10.5 Å². The maximum Gasteiger partial charge on any atom is 0.123 e. The third kappa shape index (κ3) is 3.00. The van der Waals surface area contributed by atoms with Crippen molar-refractivity contribution in [3.05, 3.63) is 29.6 Å². The second kappa shape index (κ2) is 6.16. The second-order valence-corrected chi connectivity index (χ2v) is 4.86. The quantitative estimate of drug-likeness (QED) is 0.892. The van der Waals surface area contributed by atoms with E-state index in [0.29, 0.717) is 12.5 Å². The number of hydrogen-bond donors (Lipinski definition) is 1. The lowest BCUT2D eigenvalue weighted by atomic mass is 9.96. The standard InChI is InChI=1S/C14H21FN2O/c1-18-10-11-4-6-17(7-5-11)14-3-2-13(15)8-12(14)9-16/h2-3,8,11H,4-7,9-10,16H2,1H3. The van der Waals surface area contributed by atoms with E-state index in [2.05, 4.69) is 4.90 Å². The molecule has 1 saturated heterocycles. The van der Waals surface area contributed by atoms with Gasteiger partial charge >= 0.3 is 0 Å². The normalized spacial score (nSPS) is 17.2. The van der Waals surface area contributed by atoms with Crippen molar-refractivity contribution >= 4 is 5.69 Å². The second-order valence-electron chi connectivity index (χ2n) is 4.86. The first kappa shape index (κ1) is 13.3. The molecule has 4 heteroatoms. The molecule has 1 aromatic carbocycles. The monoisotopic (exact) mass is 252 g/mol. The van der Waals surface area contributed by atoms with E-state index in [1.807, 2.05) is 6.07 Å². The van der Waals surface area contributed by atoms with Gasteiger partial charge in [-0.15, -0.1) is 0 Å². The summed E-state index contributed by atoms with van der Waals surface area (Å²) in [4.78, 5) is 2.30. The summed E-state index contributed by atoms with van der Waals surface area (Å²) >= 11 is 0. The van der Waals surface area contributed by atoms with Crippen molar-refractivity contribution in [2.75, 3.05) is 31.7 Å². The fourth-order valence-electron chi connectivity index (χ4n) is 2.60. The van der Waals surface area contributed by atoms with Crippen LogP contribution in [-0.2, 0) is 11.3 Å². The average molecular weight is 252 g/mol. The predicted octanol–water partition coefficient (Wildman–Crippen LogP) is 2.15. The van der Waals surface area contributed by atoms with Crippen LogP contribution in [0.5, 0.6) is 0 Å². The molecule has 1 aromatic rings. The average Bonchev–Trinajstić information content (AvgIpc) is 2.40. The van der Waals surface area contributed by atoms with Crippen molar-refractivity contribution in [2.45, 2.75) is 19.4 Å². The zero-order valence-corrected chi connectivity index (χ0v) is 10.9. The van der Waals surface area contributed by atoms with Crippen molar-refractivity contribution in [2.24, 2.45) is 11.7 Å². The highest BCUT2D eigenvalue weighted by Gasteiger charge is 2.20. The minimum absolute atomic E-state index is 0.214. The maximum absolute atomic E-state index is 13.2. The lowest BCUT2D eigenvalue weighted by Crippen LogP contribution is -2.35. The molecule has 0 saturated carbocycles. The molecule has 0 radical (unpaired) electrons. The van der Waals surface area contributed by atoms with Crippen LogP contribution in [-0.4, -0.2) is 26.8 Å². The summed E-state index contributed by atoms with van der Waals surface area (Å²) in [6, 6.07) is 4.89. The first-order valence-corrected chi connectivity index (χ1v) is 6.47. The van der Waals surface area contributed by atoms with E-state index in [-0.39, 0.29) is 5.82 Å². The van der Waals surface area contributed by atoms with E-state index in [1.54, 1.807) is 7.11 Å². The van der Waals surface area contributed by atoms with Gasteiger partial charge in [0.2, 0.25) is 0 Å². The van der Waals surface area contributed by atoms with E-state index in [1.165, 1.54) is 12.1 Å². The lowest BCUT2D eigenvalue weighted by Gasteiger charge is -2.34. The highest BCUT2D eigenvalue weighted by Crippen LogP contribution is 2.27. The van der Waals surface area contributed by atoms with Gasteiger partial charge in [0.25, 0.3) is 0 Å². The zero-order valence-electron chi connectivity index (χ0n) is 10.9. The third-order valence-electron chi connectivity index (χ3n) is 3.62. The van der Waals surface area contributed by atoms with Gasteiger partial charge in [-0.05, 0) is 42.5 Å². The fourth-order valence-corrected chi connectivity index (χ4v) is 2.60. The summed E-state index contributed by atoms with van der Waals surface area (Å²) in [6.07, 6.45) is 2.24. The lowest BCUT2D eigenvalue weighted by molar-refractivity contribution is 0.139. The molecule has 0 atom stereocenters. The molecule has 0 spiro atoms. The van der Waals surface area contributed by atoms with Gasteiger partial charge in [0.15, 0.2) is 0 Å². The molecule has 1 aliphatic heterocycles. The van der Waals surface area contributed by atoms with Crippen molar-refractivity contribution in [1.82, 2.24) is 0 Å². The van der Waals surface area contributed by atoms with Crippen molar-refractivity contribution < 1.29 is 9.13 Å². The zero-order chi connectivity index (χ0) is 13.0. The van der Waals surface area contributed by atoms with Crippen molar-refractivity contribution in [1.29, 1.82) is 0 Å². The van der Waals surface area contributed by atoms with Gasteiger partial charge in [0.05, 0.1) is 0 Å². The molecular weight excluding hydrogens is 231 g/mol. The molecule has 0 amide bonds. The Balaban J connectivity index is 2.05. The number of ether oxygens (including phenoxy) is 1. The Morgan fingerprint density at radius 1 is 1.39 bits per heavy atom. The number of nitrogens with zero attached hydrogens (tertiary/aromatic N) is 1. The van der Waals surface area contributed by atoms with E-state index in [9.17, 15) is 4.39 Å². The Morgan fingerprint density at radius 3 is 2.72 bits per heavy atom. The summed E-state index contributed by atoms with van der Waals surface area (Å²) in [5, 5.41) is 0. The molecular formula is C14H21FN2O. The SMILES string of the molecule is COCC1CCN(c2ccc(F)cc2CN)CC1. The molecule has 1 heterocycles. The van der Waals surface area contributed by atoms with Gasteiger partial charge < -0.3 is 15.4 Å². The van der Waals surface area contributed by atoms with Gasteiger partial charge in [0.1, 0.15) is 5.82 Å². The third-order valence-corrected chi connectivity index (χ3v) is 3.62. The minimum atomic E-state index is -0.214. The van der Waals surface area contributed by atoms with Crippen LogP contribution in [0.25, 0.3) is 0 Å². The molecule has 2 N–H and O–H groups in total. The van der Waals surface area contributed by atoms with Crippen LogP contribution in [0, 0.1) is 11.7 Å². The van der Waals surface area contributed by atoms with Crippen LogP contribution in [0.4, 0.5) is 10.1 Å². The summed E-state index contributed by atoms with van der Waals surface area (Å²) < 4.78 is 18.4. The van der Waals surface area contributed by atoms with E-state index in [0.717, 1.165) is 43.8 Å². The van der Waals surface area contributed by atoms with Crippen LogP contribution in [0.3, 0.4) is 0 Å². The van der Waals surface area contributed by atoms with Gasteiger partial charge in [-0.1, -0.05) is 0 Å². The van der Waals surface area contributed by atoms with Crippen LogP contribution in [0.1, 0.15) is 18.4 Å². The molecule has 0 bridgehead atoms. The predicted molar refractivity (Wildman–Crippen MR) is 71.1 cm³/mol. The Bertz CT molecular complexity index is 389. The number of benzene rings is 1. The molecule has 3 nitrogen and oxygen atoms in total. The fraction of sp³-hybridized carbons (Fsp3) is 0.571. The van der Waals surface area contributed by atoms with Gasteiger partial charge in [0, 0.05) is 39.0 Å². The molecule has 0 aromatic heterocycles. The van der Waals surface area contributed by atoms with Gasteiger partial charge in [-0.2, -0.15) is 0 Å². The van der Waals surface area contributed by atoms with Gasteiger partial charge in [-0.3, -0.25) is 0 Å². The topological polar surface area (TPSA) is 38.5 Å². The molecule has 2 rings (SSSR count). The first-order valence-electron chi connectivity index (χ1n) is 6.47. The van der Waals surface area contributed by atoms with Crippen molar-refractivity contribution in [3.63, 3.8) is 0 Å². The van der Waals surface area contributed by atoms with E-state index < -0.39 is 0 Å². The number of hydrogen-bond acceptors (Lipinski definition) is 3. The summed E-state index contributed by atoms with van der Waals surface area (Å²) in [6.45, 7) is 3.20. The van der Waals surface area contributed by atoms with Crippen LogP contribution >= 0.6 is 0 Å². The summed E-state index contributed by atoms with van der Waals surface area (Å²) in [7, 11) is 1.75. The highest BCUT2D eigenvalue weighted by molar-refractivity contribution is 5.54. The minimum Gasteiger partial charge on any atom is -0.384 e. The molecule has 0 aliphatic carbocycles. The number of methoxy groups -OCH3 is 1. The number of rotatable bonds is 4. The Morgan fingerprint density at radius 2 is 2.11 bits per heavy atom. The number of anilines is 1.